The summed E-state index contributed by atoms with van der Waals surface area (Å²) in [4.78, 5) is 0. The first-order valence-corrected chi connectivity index (χ1v) is 5.28. The molecule has 1 fully saturated rings. The minimum Gasteiger partial charge on any atom is -0.760 e. The Labute approximate surface area is 79.6 Å². The van der Waals surface area contributed by atoms with Crippen molar-refractivity contribution in [2.75, 3.05) is 6.54 Å². The van der Waals surface area contributed by atoms with Crippen LogP contribution in [0.2, 0.25) is 0 Å². The largest absolute Gasteiger partial charge is 0.760 e. The first kappa shape index (κ1) is 11.1. The van der Waals surface area contributed by atoms with Crippen LogP contribution in [0, 0.1) is 11.8 Å². The van der Waals surface area contributed by atoms with Gasteiger partial charge in [-0.3, -0.25) is 4.21 Å². The van der Waals surface area contributed by atoms with Gasteiger partial charge in [-0.1, -0.05) is 6.92 Å². The van der Waals surface area contributed by atoms with E-state index in [1.807, 2.05) is 6.92 Å². The SMILES string of the molecule is C[C@@H]1C[C@H](CNS(=O)[O-])[C@@H](O)[C@H]1O. The quantitative estimate of drug-likeness (QED) is 0.505. The van der Waals surface area contributed by atoms with E-state index < -0.39 is 23.5 Å². The van der Waals surface area contributed by atoms with Crippen LogP contribution in [0.5, 0.6) is 0 Å². The van der Waals surface area contributed by atoms with Crippen LogP contribution in [0.1, 0.15) is 13.3 Å². The lowest BCUT2D eigenvalue weighted by atomic mass is 10.1. The summed E-state index contributed by atoms with van der Waals surface area (Å²) in [6, 6.07) is 0. The highest BCUT2D eigenvalue weighted by Gasteiger charge is 2.38. The number of nitrogens with one attached hydrogen (secondary N) is 1. The number of rotatable bonds is 3. The third-order valence-electron chi connectivity index (χ3n) is 2.55. The van der Waals surface area contributed by atoms with Crippen LogP contribution >= 0.6 is 0 Å². The zero-order valence-corrected chi connectivity index (χ0v) is 8.16. The molecule has 1 unspecified atom stereocenters. The van der Waals surface area contributed by atoms with Gasteiger partial charge in [-0.25, -0.2) is 4.72 Å². The van der Waals surface area contributed by atoms with Gasteiger partial charge in [-0.15, -0.1) is 0 Å². The highest BCUT2D eigenvalue weighted by molar-refractivity contribution is 7.77. The molecule has 0 heterocycles. The molecule has 0 aromatic carbocycles. The van der Waals surface area contributed by atoms with Crippen LogP contribution in [0.25, 0.3) is 0 Å². The molecule has 3 N–H and O–H groups in total. The standard InChI is InChI=1S/C7H15NO4S/c1-4-2-5(3-8-13(11)12)7(10)6(4)9/h4-10H,2-3H2,1H3,(H,11,12)/p-1/t4-,5-,6+,7-/m1/s1. The maximum Gasteiger partial charge on any atom is 0.0842 e. The van der Waals surface area contributed by atoms with Crippen molar-refractivity contribution in [3.63, 3.8) is 0 Å². The Balaban J connectivity index is 2.40. The molecule has 1 saturated carbocycles. The summed E-state index contributed by atoms with van der Waals surface area (Å²) in [6.45, 7) is 2.03. The Bertz CT molecular complexity index is 201. The monoisotopic (exact) mass is 208 g/mol. The molecular formula is C7H14NO4S-. The van der Waals surface area contributed by atoms with Crippen LogP contribution < -0.4 is 4.72 Å². The van der Waals surface area contributed by atoms with Gasteiger partial charge in [0.1, 0.15) is 0 Å². The highest BCUT2D eigenvalue weighted by atomic mass is 32.2. The average molecular weight is 208 g/mol. The normalized spacial score (nSPS) is 42.2. The fourth-order valence-corrected chi connectivity index (χ4v) is 2.10. The van der Waals surface area contributed by atoms with Crippen molar-refractivity contribution in [1.82, 2.24) is 4.72 Å². The summed E-state index contributed by atoms with van der Waals surface area (Å²) >= 11 is -2.29. The van der Waals surface area contributed by atoms with Crippen molar-refractivity contribution < 1.29 is 19.0 Å². The molecule has 13 heavy (non-hydrogen) atoms. The van der Waals surface area contributed by atoms with E-state index in [2.05, 4.69) is 4.72 Å². The summed E-state index contributed by atoms with van der Waals surface area (Å²) in [6.07, 6.45) is -0.898. The predicted octanol–water partition coefficient (Wildman–Crippen LogP) is -1.25. The van der Waals surface area contributed by atoms with Crippen molar-refractivity contribution in [3.05, 3.63) is 0 Å². The molecule has 1 aliphatic rings. The van der Waals surface area contributed by atoms with Crippen molar-refractivity contribution in [3.8, 4) is 0 Å². The predicted molar refractivity (Wildman–Crippen MR) is 46.2 cm³/mol. The van der Waals surface area contributed by atoms with E-state index in [-0.39, 0.29) is 18.4 Å². The van der Waals surface area contributed by atoms with Gasteiger partial charge >= 0.3 is 0 Å². The van der Waals surface area contributed by atoms with Crippen LogP contribution in [0.15, 0.2) is 0 Å². The maximum absolute atomic E-state index is 10.2. The Morgan fingerprint density at radius 3 is 2.54 bits per heavy atom. The Kier molecular flexibility index (Phi) is 3.81. The summed E-state index contributed by atoms with van der Waals surface area (Å²) in [7, 11) is 0. The fourth-order valence-electron chi connectivity index (χ4n) is 1.75. The molecule has 5 atom stereocenters. The molecule has 0 aliphatic heterocycles. The molecule has 0 radical (unpaired) electrons. The first-order valence-electron chi connectivity index (χ1n) is 4.21. The van der Waals surface area contributed by atoms with Crippen molar-refractivity contribution in [1.29, 1.82) is 0 Å². The zero-order chi connectivity index (χ0) is 10.0. The van der Waals surface area contributed by atoms with Crippen LogP contribution in [-0.4, -0.2) is 37.7 Å². The second kappa shape index (κ2) is 4.47. The topological polar surface area (TPSA) is 92.6 Å². The van der Waals surface area contributed by atoms with E-state index >= 15 is 0 Å². The Morgan fingerprint density at radius 2 is 2.15 bits per heavy atom. The van der Waals surface area contributed by atoms with Crippen molar-refractivity contribution in [2.24, 2.45) is 11.8 Å². The molecule has 78 valence electrons. The maximum atomic E-state index is 10.2. The molecule has 0 bridgehead atoms. The molecule has 0 spiro atoms. The van der Waals surface area contributed by atoms with E-state index in [9.17, 15) is 19.0 Å². The molecule has 6 heteroatoms. The molecule has 1 aliphatic carbocycles. The highest BCUT2D eigenvalue weighted by Crippen LogP contribution is 2.30. The molecule has 5 nitrogen and oxygen atoms in total. The smallest absolute Gasteiger partial charge is 0.0842 e. The van der Waals surface area contributed by atoms with E-state index in [0.717, 1.165) is 0 Å². The molecule has 1 rings (SSSR count). The lowest BCUT2D eigenvalue weighted by Crippen LogP contribution is -2.33. The van der Waals surface area contributed by atoms with Crippen LogP contribution in [0.4, 0.5) is 0 Å². The summed E-state index contributed by atoms with van der Waals surface area (Å²) in [5.74, 6) is -0.148. The van der Waals surface area contributed by atoms with E-state index in [1.54, 1.807) is 0 Å². The van der Waals surface area contributed by atoms with E-state index in [0.29, 0.717) is 6.42 Å². The minimum atomic E-state index is -2.29. The van der Waals surface area contributed by atoms with Gasteiger partial charge in [0.25, 0.3) is 0 Å². The van der Waals surface area contributed by atoms with Crippen LogP contribution in [0.3, 0.4) is 0 Å². The van der Waals surface area contributed by atoms with Crippen LogP contribution in [-0.2, 0) is 11.3 Å². The van der Waals surface area contributed by atoms with Gasteiger partial charge in [0, 0.05) is 23.7 Å². The minimum absolute atomic E-state index is 0.0295. The second-order valence-electron chi connectivity index (χ2n) is 3.54. The van der Waals surface area contributed by atoms with Crippen molar-refractivity contribution >= 4 is 11.3 Å². The van der Waals surface area contributed by atoms with E-state index in [4.69, 9.17) is 0 Å². The number of hydrogen-bond acceptors (Lipinski definition) is 4. The molecule has 0 aromatic heterocycles. The van der Waals surface area contributed by atoms with Gasteiger partial charge in [0.15, 0.2) is 0 Å². The molecule has 0 saturated heterocycles. The molecule has 0 amide bonds. The third-order valence-corrected chi connectivity index (χ3v) is 2.96. The lowest BCUT2D eigenvalue weighted by Gasteiger charge is -2.17. The van der Waals surface area contributed by atoms with Gasteiger partial charge in [0.05, 0.1) is 12.2 Å². The Hall–Kier alpha value is -0.0100. The van der Waals surface area contributed by atoms with Gasteiger partial charge < -0.3 is 14.8 Å². The summed E-state index contributed by atoms with van der Waals surface area (Å²) in [5.41, 5.74) is 0. The summed E-state index contributed by atoms with van der Waals surface area (Å²) in [5, 5.41) is 18.8. The number of aliphatic hydroxyl groups is 2. The fraction of sp³-hybridized carbons (Fsp3) is 1.00. The molecular weight excluding hydrogens is 194 g/mol. The van der Waals surface area contributed by atoms with E-state index in [1.165, 1.54) is 0 Å². The third kappa shape index (κ3) is 2.72. The zero-order valence-electron chi connectivity index (χ0n) is 7.34. The van der Waals surface area contributed by atoms with Gasteiger partial charge in [-0.05, 0) is 12.3 Å². The number of aliphatic hydroxyl groups excluding tert-OH is 2. The second-order valence-corrected chi connectivity index (χ2v) is 4.30. The van der Waals surface area contributed by atoms with Crippen molar-refractivity contribution in [2.45, 2.75) is 25.6 Å². The molecule has 0 aromatic rings. The lowest BCUT2D eigenvalue weighted by molar-refractivity contribution is 0.00775. The summed E-state index contributed by atoms with van der Waals surface area (Å²) < 4.78 is 22.5. The average Bonchev–Trinajstić information content (AvgIpc) is 2.29. The van der Waals surface area contributed by atoms with Gasteiger partial charge in [0.2, 0.25) is 0 Å². The van der Waals surface area contributed by atoms with Gasteiger partial charge in [-0.2, -0.15) is 0 Å². The first-order chi connectivity index (χ1) is 6.02. The Morgan fingerprint density at radius 1 is 1.54 bits per heavy atom. The number of hydrogen-bond donors (Lipinski definition) is 3.